The van der Waals surface area contributed by atoms with Crippen molar-refractivity contribution in [3.63, 3.8) is 0 Å². The number of nitrogens with zero attached hydrogens (tertiary/aromatic N) is 3. The Balaban J connectivity index is 1.41. The molecule has 35 heavy (non-hydrogen) atoms. The highest BCUT2D eigenvalue weighted by Crippen LogP contribution is 2.30. The largest absolute Gasteiger partial charge is 0.497 e. The minimum atomic E-state index is -1.25. The molecule has 2 atom stereocenters. The molecular formula is C27H25F2N3O3. The van der Waals surface area contributed by atoms with E-state index in [4.69, 9.17) is 9.47 Å². The van der Waals surface area contributed by atoms with Crippen LogP contribution in [-0.4, -0.2) is 33.6 Å². The third-order valence-corrected chi connectivity index (χ3v) is 5.56. The van der Waals surface area contributed by atoms with Crippen molar-refractivity contribution in [3.8, 4) is 11.5 Å². The number of halogens is 2. The standard InChI is InChI=1S/C27H25F2N3O3/c1-34-22-10-5-19(6-11-22)3-2-4-20-7-12-23(13-8-20)35-16-25(27(33)32-18-30-17-31-32)24-14-9-21(28)15-26(24)29/h2,4-15,17-18,25,27,33H,3,16H2,1H3/b4-2+/t25-,27?/m0/s1. The molecule has 0 saturated carbocycles. The summed E-state index contributed by atoms with van der Waals surface area (Å²) < 4.78 is 40.1. The first kappa shape index (κ1) is 24.1. The van der Waals surface area contributed by atoms with Gasteiger partial charge >= 0.3 is 0 Å². The number of allylic oxidation sites excluding steroid dienone is 1. The lowest BCUT2D eigenvalue weighted by Crippen LogP contribution is -2.24. The number of methoxy groups -OCH3 is 1. The van der Waals surface area contributed by atoms with E-state index in [1.54, 1.807) is 19.2 Å². The quantitative estimate of drug-likeness (QED) is 0.341. The van der Waals surface area contributed by atoms with Crippen molar-refractivity contribution in [1.29, 1.82) is 0 Å². The van der Waals surface area contributed by atoms with E-state index in [0.717, 1.165) is 29.9 Å². The summed E-state index contributed by atoms with van der Waals surface area (Å²) >= 11 is 0. The molecule has 3 aromatic carbocycles. The lowest BCUT2D eigenvalue weighted by atomic mass is 9.97. The third-order valence-electron chi connectivity index (χ3n) is 5.56. The Morgan fingerprint density at radius 3 is 2.40 bits per heavy atom. The Labute approximate surface area is 202 Å². The predicted octanol–water partition coefficient (Wildman–Crippen LogP) is 5.17. The van der Waals surface area contributed by atoms with Crippen LogP contribution in [0.2, 0.25) is 0 Å². The molecule has 0 aliphatic heterocycles. The predicted molar refractivity (Wildman–Crippen MR) is 128 cm³/mol. The zero-order valence-corrected chi connectivity index (χ0v) is 19.1. The van der Waals surface area contributed by atoms with E-state index in [2.05, 4.69) is 16.2 Å². The number of hydrogen-bond acceptors (Lipinski definition) is 5. The van der Waals surface area contributed by atoms with Crippen LogP contribution < -0.4 is 9.47 Å². The van der Waals surface area contributed by atoms with Crippen molar-refractivity contribution in [2.45, 2.75) is 18.6 Å². The van der Waals surface area contributed by atoms with Gasteiger partial charge in [-0.25, -0.2) is 18.4 Å². The number of rotatable bonds is 10. The van der Waals surface area contributed by atoms with Crippen LogP contribution in [0.3, 0.4) is 0 Å². The average molecular weight is 478 g/mol. The molecule has 0 fully saturated rings. The van der Waals surface area contributed by atoms with Crippen molar-refractivity contribution in [3.05, 3.63) is 114 Å². The fourth-order valence-corrected chi connectivity index (χ4v) is 3.63. The van der Waals surface area contributed by atoms with Gasteiger partial charge in [0.15, 0.2) is 6.23 Å². The summed E-state index contributed by atoms with van der Waals surface area (Å²) in [6.45, 7) is -0.0593. The molecule has 0 amide bonds. The lowest BCUT2D eigenvalue weighted by molar-refractivity contribution is 0.0409. The summed E-state index contributed by atoms with van der Waals surface area (Å²) in [6.07, 6.45) is 6.21. The van der Waals surface area contributed by atoms with Crippen LogP contribution in [0, 0.1) is 11.6 Å². The van der Waals surface area contributed by atoms with Gasteiger partial charge in [0.2, 0.25) is 0 Å². The van der Waals surface area contributed by atoms with Gasteiger partial charge in [0, 0.05) is 6.07 Å². The molecule has 0 aliphatic rings. The maximum absolute atomic E-state index is 14.5. The van der Waals surface area contributed by atoms with Crippen LogP contribution in [0.5, 0.6) is 11.5 Å². The Bertz CT molecular complexity index is 1240. The van der Waals surface area contributed by atoms with E-state index in [9.17, 15) is 13.9 Å². The van der Waals surface area contributed by atoms with Gasteiger partial charge in [-0.15, -0.1) is 0 Å². The summed E-state index contributed by atoms with van der Waals surface area (Å²) in [5.74, 6) is -0.935. The van der Waals surface area contributed by atoms with Crippen LogP contribution in [0.4, 0.5) is 8.78 Å². The fraction of sp³-hybridized carbons (Fsp3) is 0.185. The van der Waals surface area contributed by atoms with E-state index in [0.29, 0.717) is 5.75 Å². The molecule has 6 nitrogen and oxygen atoms in total. The van der Waals surface area contributed by atoms with E-state index in [1.807, 2.05) is 42.5 Å². The van der Waals surface area contributed by atoms with Crippen molar-refractivity contribution in [2.24, 2.45) is 0 Å². The first-order chi connectivity index (χ1) is 17.0. The summed E-state index contributed by atoms with van der Waals surface area (Å²) in [5.41, 5.74) is 2.29. The highest BCUT2D eigenvalue weighted by Gasteiger charge is 2.27. The third kappa shape index (κ3) is 6.30. The smallest absolute Gasteiger partial charge is 0.158 e. The normalized spacial score (nSPS) is 13.0. The maximum Gasteiger partial charge on any atom is 0.158 e. The van der Waals surface area contributed by atoms with Gasteiger partial charge in [-0.05, 0) is 53.4 Å². The number of aromatic nitrogens is 3. The summed E-state index contributed by atoms with van der Waals surface area (Å²) in [4.78, 5) is 3.82. The second-order valence-corrected chi connectivity index (χ2v) is 7.90. The minimum absolute atomic E-state index is 0.0593. The molecule has 180 valence electrons. The van der Waals surface area contributed by atoms with Crippen LogP contribution in [0.1, 0.15) is 28.8 Å². The molecule has 0 aliphatic carbocycles. The molecule has 4 rings (SSSR count). The number of aliphatic hydroxyl groups is 1. The Morgan fingerprint density at radius 1 is 1.00 bits per heavy atom. The van der Waals surface area contributed by atoms with E-state index in [1.165, 1.54) is 29.0 Å². The van der Waals surface area contributed by atoms with Crippen molar-refractivity contribution < 1.29 is 23.4 Å². The minimum Gasteiger partial charge on any atom is -0.497 e. The highest BCUT2D eigenvalue weighted by atomic mass is 19.1. The lowest BCUT2D eigenvalue weighted by Gasteiger charge is -2.24. The van der Waals surface area contributed by atoms with E-state index in [-0.39, 0.29) is 12.2 Å². The molecule has 1 N–H and O–H groups in total. The van der Waals surface area contributed by atoms with Crippen LogP contribution in [0.25, 0.3) is 6.08 Å². The molecule has 0 saturated heterocycles. The Hall–Kier alpha value is -4.04. The Morgan fingerprint density at radius 2 is 1.74 bits per heavy atom. The van der Waals surface area contributed by atoms with Gasteiger partial charge in [-0.1, -0.05) is 42.5 Å². The summed E-state index contributed by atoms with van der Waals surface area (Å²) in [7, 11) is 1.64. The Kier molecular flexibility index (Phi) is 7.84. The van der Waals surface area contributed by atoms with Gasteiger partial charge in [0.05, 0.1) is 19.6 Å². The molecule has 0 spiro atoms. The van der Waals surface area contributed by atoms with Crippen molar-refractivity contribution >= 4 is 6.08 Å². The molecule has 0 bridgehead atoms. The first-order valence-corrected chi connectivity index (χ1v) is 11.0. The van der Waals surface area contributed by atoms with Gasteiger partial charge < -0.3 is 14.6 Å². The summed E-state index contributed by atoms with van der Waals surface area (Å²) in [5, 5.41) is 14.7. The van der Waals surface area contributed by atoms with E-state index >= 15 is 0 Å². The average Bonchev–Trinajstić information content (AvgIpc) is 3.41. The van der Waals surface area contributed by atoms with Gasteiger partial charge in [0.1, 0.15) is 35.8 Å². The maximum atomic E-state index is 14.5. The van der Waals surface area contributed by atoms with Gasteiger partial charge in [0.25, 0.3) is 0 Å². The number of aliphatic hydroxyl groups excluding tert-OH is 1. The SMILES string of the molecule is COc1ccc(C/C=C/c2ccc(OC[C@@H](c3ccc(F)cc3F)C(O)n3cncn3)cc2)cc1. The molecule has 8 heteroatoms. The molecule has 1 heterocycles. The topological polar surface area (TPSA) is 69.4 Å². The summed E-state index contributed by atoms with van der Waals surface area (Å²) in [6, 6.07) is 18.5. The number of ether oxygens (including phenoxy) is 2. The molecule has 1 unspecified atom stereocenters. The zero-order chi connectivity index (χ0) is 24.6. The second-order valence-electron chi connectivity index (χ2n) is 7.90. The van der Waals surface area contributed by atoms with Crippen molar-refractivity contribution in [2.75, 3.05) is 13.7 Å². The van der Waals surface area contributed by atoms with Crippen LogP contribution in [0.15, 0.2) is 85.5 Å². The van der Waals surface area contributed by atoms with Gasteiger partial charge in [-0.2, -0.15) is 5.10 Å². The fourth-order valence-electron chi connectivity index (χ4n) is 3.63. The molecule has 4 aromatic rings. The number of benzene rings is 3. The monoisotopic (exact) mass is 477 g/mol. The molecule has 0 radical (unpaired) electrons. The van der Waals surface area contributed by atoms with Crippen LogP contribution >= 0.6 is 0 Å². The van der Waals surface area contributed by atoms with Crippen LogP contribution in [-0.2, 0) is 6.42 Å². The number of hydrogen-bond donors (Lipinski definition) is 1. The van der Waals surface area contributed by atoms with E-state index < -0.39 is 23.8 Å². The highest BCUT2D eigenvalue weighted by molar-refractivity contribution is 5.51. The van der Waals surface area contributed by atoms with Gasteiger partial charge in [-0.3, -0.25) is 0 Å². The second kappa shape index (κ2) is 11.4. The first-order valence-electron chi connectivity index (χ1n) is 11.0. The van der Waals surface area contributed by atoms with Crippen molar-refractivity contribution in [1.82, 2.24) is 14.8 Å². The molecule has 1 aromatic heterocycles. The molecular weight excluding hydrogens is 452 g/mol. The zero-order valence-electron chi connectivity index (χ0n) is 19.1.